The van der Waals surface area contributed by atoms with Gasteiger partial charge in [0, 0.05) is 12.4 Å². The topological polar surface area (TPSA) is 20.2 Å². The highest BCUT2D eigenvalue weighted by Crippen LogP contribution is 2.17. The van der Waals surface area contributed by atoms with Crippen LogP contribution >= 0.6 is 11.8 Å². The second kappa shape index (κ2) is 6.10. The van der Waals surface area contributed by atoms with Gasteiger partial charge in [0.15, 0.2) is 0 Å². The van der Waals surface area contributed by atoms with Crippen molar-refractivity contribution in [1.82, 2.24) is 0 Å². The number of aliphatic hydroxyl groups is 1. The van der Waals surface area contributed by atoms with Crippen LogP contribution < -0.4 is 0 Å². The maximum absolute atomic E-state index is 8.65. The molecule has 0 fully saturated rings. The minimum absolute atomic E-state index is 0.305. The Bertz CT molecular complexity index is 284. The minimum Gasteiger partial charge on any atom is -0.396 e. The van der Waals surface area contributed by atoms with Gasteiger partial charge in [-0.25, -0.2) is 0 Å². The van der Waals surface area contributed by atoms with E-state index >= 15 is 0 Å². The minimum atomic E-state index is 0.305. The molecular formula is C12H18OS. The van der Waals surface area contributed by atoms with Gasteiger partial charge in [0.25, 0.3) is 0 Å². The third-order valence-electron chi connectivity index (χ3n) is 2.21. The molecule has 1 aromatic rings. The van der Waals surface area contributed by atoms with E-state index < -0.39 is 0 Å². The highest BCUT2D eigenvalue weighted by molar-refractivity contribution is 7.98. The molecular weight excluding hydrogens is 192 g/mol. The lowest BCUT2D eigenvalue weighted by atomic mass is 10.1. The first-order chi connectivity index (χ1) is 6.74. The van der Waals surface area contributed by atoms with E-state index in [1.165, 1.54) is 16.7 Å². The van der Waals surface area contributed by atoms with Crippen molar-refractivity contribution in [3.63, 3.8) is 0 Å². The van der Waals surface area contributed by atoms with Gasteiger partial charge in [0.2, 0.25) is 0 Å². The Kier molecular flexibility index (Phi) is 5.05. The summed E-state index contributed by atoms with van der Waals surface area (Å²) in [7, 11) is 0. The first-order valence-electron chi connectivity index (χ1n) is 4.99. The highest BCUT2D eigenvalue weighted by atomic mass is 32.2. The summed E-state index contributed by atoms with van der Waals surface area (Å²) in [6, 6.07) is 6.58. The quantitative estimate of drug-likeness (QED) is 0.754. The molecule has 0 bridgehead atoms. The monoisotopic (exact) mass is 210 g/mol. The number of hydrogen-bond donors (Lipinski definition) is 1. The number of benzene rings is 1. The van der Waals surface area contributed by atoms with Crippen molar-refractivity contribution in [2.75, 3.05) is 12.4 Å². The average molecular weight is 210 g/mol. The van der Waals surface area contributed by atoms with E-state index in [2.05, 4.69) is 32.0 Å². The predicted octanol–water partition coefficient (Wildman–Crippen LogP) is 2.92. The predicted molar refractivity (Wildman–Crippen MR) is 63.8 cm³/mol. The van der Waals surface area contributed by atoms with Gasteiger partial charge in [0.1, 0.15) is 0 Å². The zero-order chi connectivity index (χ0) is 10.4. The molecule has 0 aliphatic carbocycles. The molecule has 0 atom stereocenters. The van der Waals surface area contributed by atoms with Gasteiger partial charge in [0.05, 0.1) is 0 Å². The van der Waals surface area contributed by atoms with Crippen LogP contribution in [-0.4, -0.2) is 17.5 Å². The molecule has 0 aliphatic rings. The van der Waals surface area contributed by atoms with Crippen LogP contribution in [0.25, 0.3) is 0 Å². The van der Waals surface area contributed by atoms with E-state index in [9.17, 15) is 0 Å². The van der Waals surface area contributed by atoms with Gasteiger partial charge in [-0.15, -0.1) is 0 Å². The summed E-state index contributed by atoms with van der Waals surface area (Å²) in [6.45, 7) is 4.59. The summed E-state index contributed by atoms with van der Waals surface area (Å²) in [5, 5.41) is 8.65. The second-order valence-electron chi connectivity index (χ2n) is 3.56. The van der Waals surface area contributed by atoms with E-state index in [0.29, 0.717) is 6.61 Å². The molecule has 0 unspecified atom stereocenters. The van der Waals surface area contributed by atoms with Crippen LogP contribution in [0.2, 0.25) is 0 Å². The molecule has 2 heteroatoms. The standard InChI is InChI=1S/C12H18OS/c1-10-4-5-11(2)12(8-10)9-14-7-3-6-13/h4-5,8,13H,3,6-7,9H2,1-2H3. The summed E-state index contributed by atoms with van der Waals surface area (Å²) in [6.07, 6.45) is 0.898. The summed E-state index contributed by atoms with van der Waals surface area (Å²) in [5.41, 5.74) is 4.12. The molecule has 0 aliphatic heterocycles. The lowest BCUT2D eigenvalue weighted by Crippen LogP contribution is -1.90. The van der Waals surface area contributed by atoms with Crippen molar-refractivity contribution < 1.29 is 5.11 Å². The van der Waals surface area contributed by atoms with Gasteiger partial charge < -0.3 is 5.11 Å². The normalized spacial score (nSPS) is 10.5. The summed E-state index contributed by atoms with van der Waals surface area (Å²) < 4.78 is 0. The summed E-state index contributed by atoms with van der Waals surface area (Å²) in [4.78, 5) is 0. The molecule has 0 aromatic heterocycles. The van der Waals surface area contributed by atoms with Crippen LogP contribution in [-0.2, 0) is 5.75 Å². The third-order valence-corrected chi connectivity index (χ3v) is 3.30. The molecule has 0 saturated carbocycles. The maximum Gasteiger partial charge on any atom is 0.0438 e. The van der Waals surface area contributed by atoms with Gasteiger partial charge in [-0.1, -0.05) is 23.8 Å². The second-order valence-corrected chi connectivity index (χ2v) is 4.66. The van der Waals surface area contributed by atoms with Gasteiger partial charge in [-0.3, -0.25) is 0 Å². The Labute approximate surface area is 90.5 Å². The van der Waals surface area contributed by atoms with Crippen molar-refractivity contribution in [3.8, 4) is 0 Å². The van der Waals surface area contributed by atoms with Gasteiger partial charge >= 0.3 is 0 Å². The number of rotatable bonds is 5. The SMILES string of the molecule is Cc1ccc(C)c(CSCCCO)c1. The van der Waals surface area contributed by atoms with Crippen LogP contribution in [0.15, 0.2) is 18.2 Å². The molecule has 1 N–H and O–H groups in total. The molecule has 0 amide bonds. The van der Waals surface area contributed by atoms with E-state index in [0.717, 1.165) is 17.9 Å². The molecule has 1 nitrogen and oxygen atoms in total. The van der Waals surface area contributed by atoms with E-state index in [4.69, 9.17) is 5.11 Å². The van der Waals surface area contributed by atoms with Crippen molar-refractivity contribution in [2.45, 2.75) is 26.0 Å². The molecule has 14 heavy (non-hydrogen) atoms. The lowest BCUT2D eigenvalue weighted by molar-refractivity contribution is 0.296. The fraction of sp³-hybridized carbons (Fsp3) is 0.500. The Balaban J connectivity index is 2.45. The van der Waals surface area contributed by atoms with E-state index in [1.807, 2.05) is 11.8 Å². The number of aryl methyl sites for hydroxylation is 2. The Hall–Kier alpha value is -0.470. The lowest BCUT2D eigenvalue weighted by Gasteiger charge is -2.06. The number of hydrogen-bond acceptors (Lipinski definition) is 2. The Morgan fingerprint density at radius 1 is 1.29 bits per heavy atom. The molecule has 78 valence electrons. The smallest absolute Gasteiger partial charge is 0.0438 e. The van der Waals surface area contributed by atoms with Crippen LogP contribution in [0.3, 0.4) is 0 Å². The zero-order valence-corrected chi connectivity index (χ0v) is 9.73. The van der Waals surface area contributed by atoms with Crippen LogP contribution in [0, 0.1) is 13.8 Å². The van der Waals surface area contributed by atoms with Crippen molar-refractivity contribution in [2.24, 2.45) is 0 Å². The molecule has 0 saturated heterocycles. The first kappa shape index (κ1) is 11.6. The van der Waals surface area contributed by atoms with Gasteiger partial charge in [-0.2, -0.15) is 11.8 Å². The fourth-order valence-electron chi connectivity index (χ4n) is 1.30. The first-order valence-corrected chi connectivity index (χ1v) is 6.14. The third kappa shape index (κ3) is 3.72. The Morgan fingerprint density at radius 2 is 2.07 bits per heavy atom. The maximum atomic E-state index is 8.65. The molecule has 0 spiro atoms. The Morgan fingerprint density at radius 3 is 2.79 bits per heavy atom. The zero-order valence-electron chi connectivity index (χ0n) is 8.92. The van der Waals surface area contributed by atoms with Crippen LogP contribution in [0.5, 0.6) is 0 Å². The van der Waals surface area contributed by atoms with Crippen LogP contribution in [0.4, 0.5) is 0 Å². The number of thioether (sulfide) groups is 1. The molecule has 0 radical (unpaired) electrons. The van der Waals surface area contributed by atoms with Gasteiger partial charge in [-0.05, 0) is 37.1 Å². The summed E-state index contributed by atoms with van der Waals surface area (Å²) in [5.74, 6) is 2.11. The highest BCUT2D eigenvalue weighted by Gasteiger charge is 1.98. The van der Waals surface area contributed by atoms with Crippen molar-refractivity contribution in [1.29, 1.82) is 0 Å². The largest absolute Gasteiger partial charge is 0.396 e. The molecule has 1 aromatic carbocycles. The molecule has 0 heterocycles. The van der Waals surface area contributed by atoms with E-state index in [1.54, 1.807) is 0 Å². The van der Waals surface area contributed by atoms with E-state index in [-0.39, 0.29) is 0 Å². The molecule has 1 rings (SSSR count). The van der Waals surface area contributed by atoms with Crippen molar-refractivity contribution >= 4 is 11.8 Å². The summed E-state index contributed by atoms with van der Waals surface area (Å²) >= 11 is 1.89. The fourth-order valence-corrected chi connectivity index (χ4v) is 2.31. The van der Waals surface area contributed by atoms with Crippen molar-refractivity contribution in [3.05, 3.63) is 34.9 Å². The number of aliphatic hydroxyl groups excluding tert-OH is 1. The van der Waals surface area contributed by atoms with Crippen LogP contribution in [0.1, 0.15) is 23.1 Å². The average Bonchev–Trinajstić information content (AvgIpc) is 2.18.